The molecule has 0 saturated heterocycles. The number of benzene rings is 3. The van der Waals surface area contributed by atoms with Gasteiger partial charge in [-0.05, 0) is 28.0 Å². The highest BCUT2D eigenvalue weighted by atomic mass is 14.6. The predicted molar refractivity (Wildman–Crippen MR) is 89.2 cm³/mol. The minimum atomic E-state index is 1.24. The molecule has 0 fully saturated rings. The van der Waals surface area contributed by atoms with Crippen molar-refractivity contribution < 1.29 is 0 Å². The second-order valence-corrected chi connectivity index (χ2v) is 5.21. The van der Waals surface area contributed by atoms with Crippen LogP contribution in [0.4, 0.5) is 0 Å². The highest BCUT2D eigenvalue weighted by Crippen LogP contribution is 2.33. The molecule has 0 bridgehead atoms. The SMILES string of the molecule is c1ccc(-c2c[nH]cc2-c2ccc3ccccc3c2)cc1. The average Bonchev–Trinajstić information content (AvgIpc) is 3.05. The minimum Gasteiger partial charge on any atom is -0.366 e. The van der Waals surface area contributed by atoms with Gasteiger partial charge < -0.3 is 4.98 Å². The Balaban J connectivity index is 1.88. The van der Waals surface area contributed by atoms with E-state index >= 15 is 0 Å². The minimum absolute atomic E-state index is 1.24. The summed E-state index contributed by atoms with van der Waals surface area (Å²) in [5, 5.41) is 2.55. The number of hydrogen-bond donors (Lipinski definition) is 1. The van der Waals surface area contributed by atoms with Crippen LogP contribution in [0.2, 0.25) is 0 Å². The molecule has 4 rings (SSSR count). The molecule has 0 spiro atoms. The molecule has 0 saturated carbocycles. The molecule has 100 valence electrons. The van der Waals surface area contributed by atoms with E-state index in [0.29, 0.717) is 0 Å². The van der Waals surface area contributed by atoms with Crippen molar-refractivity contribution in [3.8, 4) is 22.3 Å². The van der Waals surface area contributed by atoms with E-state index in [-0.39, 0.29) is 0 Å². The molecule has 0 radical (unpaired) electrons. The number of aromatic nitrogens is 1. The molecule has 4 aromatic rings. The first-order valence-corrected chi connectivity index (χ1v) is 7.13. The fourth-order valence-electron chi connectivity index (χ4n) is 2.82. The second-order valence-electron chi connectivity index (χ2n) is 5.21. The van der Waals surface area contributed by atoms with Crippen LogP contribution in [-0.2, 0) is 0 Å². The maximum absolute atomic E-state index is 3.24. The highest BCUT2D eigenvalue weighted by Gasteiger charge is 2.08. The van der Waals surface area contributed by atoms with Gasteiger partial charge in [0.2, 0.25) is 0 Å². The topological polar surface area (TPSA) is 15.8 Å². The molecule has 0 amide bonds. The third-order valence-corrected chi connectivity index (χ3v) is 3.89. The summed E-state index contributed by atoms with van der Waals surface area (Å²) >= 11 is 0. The van der Waals surface area contributed by atoms with Crippen LogP contribution in [0.25, 0.3) is 33.0 Å². The molecule has 0 aliphatic carbocycles. The molecule has 3 aromatic carbocycles. The second kappa shape index (κ2) is 4.95. The lowest BCUT2D eigenvalue weighted by atomic mass is 9.97. The zero-order chi connectivity index (χ0) is 14.1. The Bertz CT molecular complexity index is 888. The largest absolute Gasteiger partial charge is 0.366 e. The Kier molecular flexibility index (Phi) is 2.82. The number of H-pyrrole nitrogens is 1. The van der Waals surface area contributed by atoms with Gasteiger partial charge in [-0.15, -0.1) is 0 Å². The maximum Gasteiger partial charge on any atom is 0.00906 e. The number of nitrogens with one attached hydrogen (secondary N) is 1. The molecule has 21 heavy (non-hydrogen) atoms. The molecule has 1 aromatic heterocycles. The monoisotopic (exact) mass is 269 g/mol. The van der Waals surface area contributed by atoms with E-state index in [1.807, 2.05) is 6.07 Å². The predicted octanol–water partition coefficient (Wildman–Crippen LogP) is 5.50. The Morgan fingerprint density at radius 2 is 1.19 bits per heavy atom. The summed E-state index contributed by atoms with van der Waals surface area (Å²) in [6.07, 6.45) is 4.15. The van der Waals surface area contributed by atoms with Crippen LogP contribution in [0.3, 0.4) is 0 Å². The lowest BCUT2D eigenvalue weighted by Crippen LogP contribution is -1.81. The van der Waals surface area contributed by atoms with Crippen LogP contribution < -0.4 is 0 Å². The summed E-state index contributed by atoms with van der Waals surface area (Å²) in [4.78, 5) is 3.24. The van der Waals surface area contributed by atoms with Crippen molar-refractivity contribution in [1.29, 1.82) is 0 Å². The van der Waals surface area contributed by atoms with Crippen molar-refractivity contribution in [2.24, 2.45) is 0 Å². The van der Waals surface area contributed by atoms with Gasteiger partial charge in [0, 0.05) is 23.5 Å². The maximum atomic E-state index is 3.24. The first kappa shape index (κ1) is 12.0. The lowest BCUT2D eigenvalue weighted by Gasteiger charge is -2.06. The van der Waals surface area contributed by atoms with Crippen LogP contribution in [-0.4, -0.2) is 4.98 Å². The normalized spacial score (nSPS) is 10.9. The Labute approximate surface area is 123 Å². The van der Waals surface area contributed by atoms with Crippen molar-refractivity contribution >= 4 is 10.8 Å². The molecule has 0 unspecified atom stereocenters. The van der Waals surface area contributed by atoms with Crippen molar-refractivity contribution in [2.45, 2.75) is 0 Å². The number of hydrogen-bond acceptors (Lipinski definition) is 0. The average molecular weight is 269 g/mol. The first-order chi connectivity index (χ1) is 10.4. The van der Waals surface area contributed by atoms with Gasteiger partial charge in [-0.2, -0.15) is 0 Å². The Hall–Kier alpha value is -2.80. The van der Waals surface area contributed by atoms with Gasteiger partial charge in [-0.1, -0.05) is 66.7 Å². The summed E-state index contributed by atoms with van der Waals surface area (Å²) < 4.78 is 0. The van der Waals surface area contributed by atoms with E-state index in [4.69, 9.17) is 0 Å². The fraction of sp³-hybridized carbons (Fsp3) is 0. The van der Waals surface area contributed by atoms with Crippen molar-refractivity contribution in [3.05, 3.63) is 85.2 Å². The van der Waals surface area contributed by atoms with E-state index < -0.39 is 0 Å². The van der Waals surface area contributed by atoms with Gasteiger partial charge >= 0.3 is 0 Å². The Morgan fingerprint density at radius 3 is 2.00 bits per heavy atom. The standard InChI is InChI=1S/C20H15N/c1-2-7-16(8-3-1)19-13-21-14-20(19)18-11-10-15-6-4-5-9-17(15)12-18/h1-14,21H. The van der Waals surface area contributed by atoms with Crippen molar-refractivity contribution in [2.75, 3.05) is 0 Å². The summed E-state index contributed by atoms with van der Waals surface area (Å²) in [6.45, 7) is 0. The number of fused-ring (bicyclic) bond motifs is 1. The molecule has 1 nitrogen and oxygen atoms in total. The third-order valence-electron chi connectivity index (χ3n) is 3.89. The fourth-order valence-corrected chi connectivity index (χ4v) is 2.82. The van der Waals surface area contributed by atoms with Crippen LogP contribution >= 0.6 is 0 Å². The van der Waals surface area contributed by atoms with Gasteiger partial charge in [0.25, 0.3) is 0 Å². The van der Waals surface area contributed by atoms with Gasteiger partial charge in [0.1, 0.15) is 0 Å². The molecule has 1 heterocycles. The third kappa shape index (κ3) is 2.13. The van der Waals surface area contributed by atoms with E-state index in [2.05, 4.69) is 84.1 Å². The smallest absolute Gasteiger partial charge is 0.00906 e. The van der Waals surface area contributed by atoms with Crippen LogP contribution in [0.5, 0.6) is 0 Å². The molecular formula is C20H15N. The van der Waals surface area contributed by atoms with Crippen molar-refractivity contribution in [3.63, 3.8) is 0 Å². The quantitative estimate of drug-likeness (QED) is 0.494. The molecule has 0 atom stereocenters. The van der Waals surface area contributed by atoms with E-state index in [1.165, 1.54) is 33.0 Å². The zero-order valence-corrected chi connectivity index (χ0v) is 11.6. The Morgan fingerprint density at radius 1 is 0.524 bits per heavy atom. The van der Waals surface area contributed by atoms with Gasteiger partial charge in [-0.3, -0.25) is 0 Å². The zero-order valence-electron chi connectivity index (χ0n) is 11.6. The van der Waals surface area contributed by atoms with Gasteiger partial charge in [0.15, 0.2) is 0 Å². The molecule has 1 N–H and O–H groups in total. The highest BCUT2D eigenvalue weighted by molar-refractivity contribution is 5.91. The molecule has 1 heteroatoms. The molecular weight excluding hydrogens is 254 g/mol. The van der Waals surface area contributed by atoms with Crippen molar-refractivity contribution in [1.82, 2.24) is 4.98 Å². The van der Waals surface area contributed by atoms with Crippen LogP contribution in [0.1, 0.15) is 0 Å². The summed E-state index contributed by atoms with van der Waals surface area (Å²) in [5.41, 5.74) is 4.97. The molecule has 0 aliphatic rings. The lowest BCUT2D eigenvalue weighted by molar-refractivity contribution is 1.41. The molecule has 0 aliphatic heterocycles. The van der Waals surface area contributed by atoms with E-state index in [0.717, 1.165) is 0 Å². The van der Waals surface area contributed by atoms with E-state index in [1.54, 1.807) is 0 Å². The number of aromatic amines is 1. The summed E-state index contributed by atoms with van der Waals surface area (Å²) in [7, 11) is 0. The van der Waals surface area contributed by atoms with Crippen LogP contribution in [0.15, 0.2) is 85.2 Å². The van der Waals surface area contributed by atoms with Crippen LogP contribution in [0, 0.1) is 0 Å². The first-order valence-electron chi connectivity index (χ1n) is 7.13. The van der Waals surface area contributed by atoms with E-state index in [9.17, 15) is 0 Å². The van der Waals surface area contributed by atoms with Gasteiger partial charge in [0.05, 0.1) is 0 Å². The summed E-state index contributed by atoms with van der Waals surface area (Å²) in [5.74, 6) is 0. The number of rotatable bonds is 2. The van der Waals surface area contributed by atoms with Gasteiger partial charge in [-0.25, -0.2) is 0 Å². The summed E-state index contributed by atoms with van der Waals surface area (Å²) in [6, 6.07) is 25.6.